The predicted octanol–water partition coefficient (Wildman–Crippen LogP) is 3.34. The molecule has 82 valence electrons. The summed E-state index contributed by atoms with van der Waals surface area (Å²) in [5, 5.41) is 8.75. The van der Waals surface area contributed by atoms with Crippen LogP contribution in [-0.4, -0.2) is 11.1 Å². The Morgan fingerprint density at radius 2 is 2.13 bits per heavy atom. The summed E-state index contributed by atoms with van der Waals surface area (Å²) in [6.45, 7) is 3.43. The first kappa shape index (κ1) is 12.2. The Labute approximate surface area is 96.2 Å². The molecular weight excluding hydrogens is 263 g/mol. The van der Waals surface area contributed by atoms with Crippen molar-refractivity contribution in [3.63, 3.8) is 0 Å². The van der Waals surface area contributed by atoms with Gasteiger partial charge in [0.25, 0.3) is 0 Å². The number of aliphatic carboxylic acids is 1. The molecule has 0 aliphatic carbocycles. The average Bonchev–Trinajstić information content (AvgIpc) is 1.99. The summed E-state index contributed by atoms with van der Waals surface area (Å²) in [6.07, 6.45) is -0.105. The van der Waals surface area contributed by atoms with Gasteiger partial charge in [-0.1, -0.05) is 35.8 Å². The van der Waals surface area contributed by atoms with Crippen molar-refractivity contribution in [1.82, 2.24) is 0 Å². The third-order valence-electron chi connectivity index (χ3n) is 2.23. The number of carbonyl (C=O) groups is 1. The fourth-order valence-electron chi connectivity index (χ4n) is 1.61. The van der Waals surface area contributed by atoms with E-state index in [0.29, 0.717) is 10.0 Å². The second-order valence-corrected chi connectivity index (χ2v) is 4.91. The molecular formula is C11H12BrFO2. The largest absolute Gasteiger partial charge is 0.481 e. The maximum atomic E-state index is 13.6. The van der Waals surface area contributed by atoms with Crippen LogP contribution >= 0.6 is 15.9 Å². The molecule has 0 fully saturated rings. The molecule has 15 heavy (non-hydrogen) atoms. The minimum absolute atomic E-state index is 0.105. The SMILES string of the molecule is CC(C)(CC(=O)O)c1c(F)cccc1Br. The first-order valence-electron chi connectivity index (χ1n) is 4.51. The van der Waals surface area contributed by atoms with Crippen molar-refractivity contribution in [1.29, 1.82) is 0 Å². The van der Waals surface area contributed by atoms with Crippen LogP contribution in [0.15, 0.2) is 22.7 Å². The van der Waals surface area contributed by atoms with E-state index in [0.717, 1.165) is 0 Å². The van der Waals surface area contributed by atoms with Crippen molar-refractivity contribution in [2.45, 2.75) is 25.7 Å². The van der Waals surface area contributed by atoms with Gasteiger partial charge in [-0.25, -0.2) is 4.39 Å². The molecule has 0 heterocycles. The van der Waals surface area contributed by atoms with Crippen LogP contribution in [0.5, 0.6) is 0 Å². The van der Waals surface area contributed by atoms with Gasteiger partial charge >= 0.3 is 5.97 Å². The number of halogens is 2. The van der Waals surface area contributed by atoms with Crippen LogP contribution < -0.4 is 0 Å². The van der Waals surface area contributed by atoms with Crippen LogP contribution in [-0.2, 0) is 10.2 Å². The highest BCUT2D eigenvalue weighted by atomic mass is 79.9. The van der Waals surface area contributed by atoms with Crippen LogP contribution in [0.2, 0.25) is 0 Å². The van der Waals surface area contributed by atoms with Crippen molar-refractivity contribution < 1.29 is 14.3 Å². The van der Waals surface area contributed by atoms with Crippen LogP contribution in [0.25, 0.3) is 0 Å². The minimum atomic E-state index is -0.935. The summed E-state index contributed by atoms with van der Waals surface area (Å²) < 4.78 is 14.2. The van der Waals surface area contributed by atoms with E-state index in [9.17, 15) is 9.18 Å². The second-order valence-electron chi connectivity index (χ2n) is 4.05. The molecule has 1 aromatic carbocycles. The van der Waals surface area contributed by atoms with Gasteiger partial charge in [0.1, 0.15) is 5.82 Å². The van der Waals surface area contributed by atoms with Gasteiger partial charge in [0.05, 0.1) is 6.42 Å². The highest BCUT2D eigenvalue weighted by molar-refractivity contribution is 9.10. The Kier molecular flexibility index (Phi) is 3.50. The Morgan fingerprint density at radius 1 is 1.53 bits per heavy atom. The maximum absolute atomic E-state index is 13.6. The molecule has 4 heteroatoms. The van der Waals surface area contributed by atoms with E-state index in [4.69, 9.17) is 5.11 Å². The molecule has 0 bridgehead atoms. The van der Waals surface area contributed by atoms with Crippen molar-refractivity contribution in [2.24, 2.45) is 0 Å². The molecule has 1 rings (SSSR count). The lowest BCUT2D eigenvalue weighted by molar-refractivity contribution is -0.138. The second kappa shape index (κ2) is 4.31. The predicted molar refractivity (Wildman–Crippen MR) is 59.4 cm³/mol. The quantitative estimate of drug-likeness (QED) is 0.918. The summed E-state index contributed by atoms with van der Waals surface area (Å²) in [4.78, 5) is 10.7. The first-order valence-corrected chi connectivity index (χ1v) is 5.30. The molecule has 2 nitrogen and oxygen atoms in total. The van der Waals surface area contributed by atoms with Gasteiger partial charge in [-0.05, 0) is 12.1 Å². The zero-order valence-corrected chi connectivity index (χ0v) is 10.1. The third-order valence-corrected chi connectivity index (χ3v) is 2.89. The van der Waals surface area contributed by atoms with Crippen molar-refractivity contribution in [2.75, 3.05) is 0 Å². The molecule has 1 aromatic rings. The van der Waals surface area contributed by atoms with E-state index in [2.05, 4.69) is 15.9 Å². The molecule has 1 N–H and O–H groups in total. The normalized spacial score (nSPS) is 11.5. The van der Waals surface area contributed by atoms with Gasteiger partial charge in [-0.3, -0.25) is 4.79 Å². The Morgan fingerprint density at radius 3 is 2.60 bits per heavy atom. The summed E-state index contributed by atoms with van der Waals surface area (Å²) in [6, 6.07) is 4.63. The van der Waals surface area contributed by atoms with E-state index in [-0.39, 0.29) is 12.2 Å². The van der Waals surface area contributed by atoms with E-state index < -0.39 is 11.4 Å². The summed E-state index contributed by atoms with van der Waals surface area (Å²) >= 11 is 3.24. The lowest BCUT2D eigenvalue weighted by atomic mass is 9.81. The van der Waals surface area contributed by atoms with Gasteiger partial charge in [0, 0.05) is 15.5 Å². The van der Waals surface area contributed by atoms with Crippen LogP contribution in [0.4, 0.5) is 4.39 Å². The third kappa shape index (κ3) is 2.78. The van der Waals surface area contributed by atoms with Gasteiger partial charge in [-0.15, -0.1) is 0 Å². The number of carboxylic acid groups (broad SMARTS) is 1. The van der Waals surface area contributed by atoms with Crippen LogP contribution in [0.3, 0.4) is 0 Å². The standard InChI is InChI=1S/C11H12BrFO2/c1-11(2,6-9(14)15)10-7(12)4-3-5-8(10)13/h3-5H,6H2,1-2H3,(H,14,15). The van der Waals surface area contributed by atoms with E-state index >= 15 is 0 Å². The maximum Gasteiger partial charge on any atom is 0.304 e. The monoisotopic (exact) mass is 274 g/mol. The van der Waals surface area contributed by atoms with E-state index in [1.807, 2.05) is 0 Å². The summed E-state index contributed by atoms with van der Waals surface area (Å²) in [5.41, 5.74) is -0.317. The van der Waals surface area contributed by atoms with Gasteiger partial charge < -0.3 is 5.11 Å². The smallest absolute Gasteiger partial charge is 0.304 e. The van der Waals surface area contributed by atoms with E-state index in [1.54, 1.807) is 26.0 Å². The Bertz CT molecular complexity index is 368. The van der Waals surface area contributed by atoms with Crippen LogP contribution in [0.1, 0.15) is 25.8 Å². The lowest BCUT2D eigenvalue weighted by Crippen LogP contribution is -2.23. The van der Waals surface area contributed by atoms with Crippen molar-refractivity contribution in [3.05, 3.63) is 34.1 Å². The molecule has 0 spiro atoms. The molecule has 0 atom stereocenters. The fraction of sp³-hybridized carbons (Fsp3) is 0.364. The van der Waals surface area contributed by atoms with E-state index in [1.165, 1.54) is 6.07 Å². The highest BCUT2D eigenvalue weighted by Gasteiger charge is 2.29. The highest BCUT2D eigenvalue weighted by Crippen LogP contribution is 2.34. The zero-order chi connectivity index (χ0) is 11.6. The summed E-state index contributed by atoms with van der Waals surface area (Å²) in [5.74, 6) is -1.31. The number of rotatable bonds is 3. The Hall–Kier alpha value is -0.900. The number of benzene rings is 1. The molecule has 0 aromatic heterocycles. The van der Waals surface area contributed by atoms with Gasteiger partial charge in [0.15, 0.2) is 0 Å². The molecule has 0 saturated carbocycles. The van der Waals surface area contributed by atoms with Crippen molar-refractivity contribution in [3.8, 4) is 0 Å². The lowest BCUT2D eigenvalue weighted by Gasteiger charge is -2.24. The van der Waals surface area contributed by atoms with Crippen LogP contribution in [0, 0.1) is 5.82 Å². The number of carboxylic acids is 1. The zero-order valence-electron chi connectivity index (χ0n) is 8.55. The van der Waals surface area contributed by atoms with Gasteiger partial charge in [-0.2, -0.15) is 0 Å². The van der Waals surface area contributed by atoms with Gasteiger partial charge in [0.2, 0.25) is 0 Å². The topological polar surface area (TPSA) is 37.3 Å². The molecule has 0 radical (unpaired) electrons. The number of hydrogen-bond donors (Lipinski definition) is 1. The van der Waals surface area contributed by atoms with Crippen molar-refractivity contribution >= 4 is 21.9 Å². The molecule has 0 saturated heterocycles. The number of hydrogen-bond acceptors (Lipinski definition) is 1. The summed E-state index contributed by atoms with van der Waals surface area (Å²) in [7, 11) is 0. The Balaban J connectivity index is 3.19. The molecule has 0 aliphatic rings. The molecule has 0 aliphatic heterocycles. The average molecular weight is 275 g/mol. The first-order chi connectivity index (χ1) is 6.84. The molecule has 0 unspecified atom stereocenters. The minimum Gasteiger partial charge on any atom is -0.481 e. The molecule has 0 amide bonds. The fourth-order valence-corrected chi connectivity index (χ4v) is 2.49.